The number of amides is 1. The Balaban J connectivity index is 1.64. The molecule has 1 aliphatic carbocycles. The van der Waals surface area contributed by atoms with Gasteiger partial charge in [-0.05, 0) is 19.8 Å². The summed E-state index contributed by atoms with van der Waals surface area (Å²) in [4.78, 5) is 12.4. The van der Waals surface area contributed by atoms with E-state index in [9.17, 15) is 13.2 Å². The summed E-state index contributed by atoms with van der Waals surface area (Å²) in [6.45, 7) is 1.45. The number of hydrogen-bond acceptors (Lipinski definition) is 6. The highest BCUT2D eigenvalue weighted by atomic mass is 32.2. The van der Waals surface area contributed by atoms with E-state index in [1.807, 2.05) is 30.3 Å². The minimum Gasteiger partial charge on any atom is -0.352 e. The minimum absolute atomic E-state index is 0.0973. The number of hydrogen-bond donors (Lipinski definition) is 1. The van der Waals surface area contributed by atoms with Gasteiger partial charge < -0.3 is 5.32 Å². The van der Waals surface area contributed by atoms with Crippen LogP contribution in [0.5, 0.6) is 0 Å². The molecule has 1 fully saturated rings. The second-order valence-electron chi connectivity index (χ2n) is 6.66. The second kappa shape index (κ2) is 8.26. The van der Waals surface area contributed by atoms with E-state index in [1.165, 1.54) is 24.7 Å². The smallest absolute Gasteiger partial charge is 0.238 e. The fourth-order valence-electron chi connectivity index (χ4n) is 3.03. The molecular weight excluding hydrogens is 370 g/mol. The maximum Gasteiger partial charge on any atom is 0.238 e. The SMILES string of the molecule is C[C@@H](C(=O)NC1CCCCC1)S(=O)(=O)Cc1nnc(-c2ccccc2)s1. The zero-order valence-electron chi connectivity index (χ0n) is 14.7. The van der Waals surface area contributed by atoms with Crippen LogP contribution in [0.4, 0.5) is 0 Å². The Morgan fingerprint density at radius 2 is 1.88 bits per heavy atom. The van der Waals surface area contributed by atoms with Crippen LogP contribution in [0.25, 0.3) is 10.6 Å². The van der Waals surface area contributed by atoms with E-state index in [1.54, 1.807) is 0 Å². The number of carbonyl (C=O) groups is 1. The van der Waals surface area contributed by atoms with Gasteiger partial charge >= 0.3 is 0 Å². The molecule has 140 valence electrons. The molecular formula is C18H23N3O3S2. The molecule has 0 unspecified atom stereocenters. The standard InChI is InChI=1S/C18H23N3O3S2/c1-13(17(22)19-15-10-6-3-7-11-15)26(23,24)12-16-20-21-18(25-16)14-8-4-2-5-9-14/h2,4-5,8-9,13,15H,3,6-7,10-12H2,1H3,(H,19,22)/t13-/m0/s1. The number of rotatable bonds is 6. The molecule has 1 atom stereocenters. The third kappa shape index (κ3) is 4.67. The summed E-state index contributed by atoms with van der Waals surface area (Å²) in [6.07, 6.45) is 5.20. The van der Waals surface area contributed by atoms with Crippen molar-refractivity contribution >= 4 is 27.1 Å². The van der Waals surface area contributed by atoms with Crippen molar-refractivity contribution in [3.63, 3.8) is 0 Å². The average molecular weight is 394 g/mol. The Morgan fingerprint density at radius 1 is 1.19 bits per heavy atom. The van der Waals surface area contributed by atoms with E-state index >= 15 is 0 Å². The van der Waals surface area contributed by atoms with Gasteiger partial charge in [0.05, 0.1) is 0 Å². The van der Waals surface area contributed by atoms with E-state index in [4.69, 9.17) is 0 Å². The van der Waals surface area contributed by atoms with Crippen molar-refractivity contribution < 1.29 is 13.2 Å². The Bertz CT molecular complexity index is 844. The molecule has 1 amide bonds. The molecule has 1 aromatic heterocycles. The first-order valence-electron chi connectivity index (χ1n) is 8.85. The summed E-state index contributed by atoms with van der Waals surface area (Å²) < 4.78 is 25.2. The average Bonchev–Trinajstić information content (AvgIpc) is 3.10. The Labute approximate surface area is 158 Å². The van der Waals surface area contributed by atoms with Crippen LogP contribution in [0, 0.1) is 0 Å². The van der Waals surface area contributed by atoms with Crippen LogP contribution in [0.3, 0.4) is 0 Å². The summed E-state index contributed by atoms with van der Waals surface area (Å²) in [5.41, 5.74) is 0.900. The van der Waals surface area contributed by atoms with Gasteiger partial charge in [0, 0.05) is 11.6 Å². The Morgan fingerprint density at radius 3 is 2.58 bits per heavy atom. The van der Waals surface area contributed by atoms with Gasteiger partial charge in [0.2, 0.25) is 5.91 Å². The molecule has 1 aromatic carbocycles. The van der Waals surface area contributed by atoms with Crippen molar-refractivity contribution in [2.45, 2.75) is 56.1 Å². The van der Waals surface area contributed by atoms with E-state index in [2.05, 4.69) is 15.5 Å². The van der Waals surface area contributed by atoms with Crippen molar-refractivity contribution in [3.8, 4) is 10.6 Å². The Hall–Kier alpha value is -1.80. The molecule has 1 N–H and O–H groups in total. The van der Waals surface area contributed by atoms with Crippen molar-refractivity contribution in [2.24, 2.45) is 0 Å². The topological polar surface area (TPSA) is 89.0 Å². The molecule has 2 aromatic rings. The highest BCUT2D eigenvalue weighted by Gasteiger charge is 2.31. The first-order valence-corrected chi connectivity index (χ1v) is 11.4. The van der Waals surface area contributed by atoms with Gasteiger partial charge in [-0.3, -0.25) is 4.79 Å². The number of benzene rings is 1. The zero-order chi connectivity index (χ0) is 18.6. The predicted octanol–water partition coefficient (Wildman–Crippen LogP) is 2.96. The maximum atomic E-state index is 12.6. The van der Waals surface area contributed by atoms with Crippen LogP contribution in [0.2, 0.25) is 0 Å². The number of nitrogens with zero attached hydrogens (tertiary/aromatic N) is 2. The second-order valence-corrected chi connectivity index (χ2v) is 10.0. The monoisotopic (exact) mass is 393 g/mol. The van der Waals surface area contributed by atoms with Crippen molar-refractivity contribution in [2.75, 3.05) is 0 Å². The highest BCUT2D eigenvalue weighted by Crippen LogP contribution is 2.25. The number of nitrogens with one attached hydrogen (secondary N) is 1. The summed E-state index contributed by atoms with van der Waals surface area (Å²) in [5.74, 6) is -0.679. The van der Waals surface area contributed by atoms with Crippen molar-refractivity contribution in [1.29, 1.82) is 0 Å². The van der Waals surface area contributed by atoms with E-state index in [0.29, 0.717) is 10.0 Å². The lowest BCUT2D eigenvalue weighted by Gasteiger charge is -2.24. The lowest BCUT2D eigenvalue weighted by Crippen LogP contribution is -2.44. The van der Waals surface area contributed by atoms with Gasteiger partial charge in [-0.15, -0.1) is 10.2 Å². The molecule has 0 bridgehead atoms. The van der Waals surface area contributed by atoms with Gasteiger partial charge in [-0.1, -0.05) is 60.9 Å². The van der Waals surface area contributed by atoms with Crippen LogP contribution in [0.15, 0.2) is 30.3 Å². The number of sulfone groups is 1. The van der Waals surface area contributed by atoms with E-state index in [-0.39, 0.29) is 11.8 Å². The van der Waals surface area contributed by atoms with Gasteiger partial charge in [0.1, 0.15) is 21.0 Å². The lowest BCUT2D eigenvalue weighted by atomic mass is 9.95. The zero-order valence-corrected chi connectivity index (χ0v) is 16.4. The summed E-state index contributed by atoms with van der Waals surface area (Å²) >= 11 is 1.24. The largest absolute Gasteiger partial charge is 0.352 e. The molecule has 3 rings (SSSR count). The van der Waals surface area contributed by atoms with Gasteiger partial charge in [0.15, 0.2) is 9.84 Å². The molecule has 0 radical (unpaired) electrons. The minimum atomic E-state index is -3.64. The Kier molecular flexibility index (Phi) is 6.03. The molecule has 6 nitrogen and oxygen atoms in total. The summed E-state index contributed by atoms with van der Waals surface area (Å²) in [5, 5.41) is 10.9. The molecule has 26 heavy (non-hydrogen) atoms. The molecule has 1 heterocycles. The molecule has 0 spiro atoms. The van der Waals surface area contributed by atoms with Crippen LogP contribution in [-0.2, 0) is 20.4 Å². The third-order valence-electron chi connectivity index (χ3n) is 4.67. The highest BCUT2D eigenvalue weighted by molar-refractivity contribution is 7.92. The normalized spacial score (nSPS) is 17.0. The summed E-state index contributed by atoms with van der Waals surface area (Å²) in [6, 6.07) is 9.59. The predicted molar refractivity (Wildman–Crippen MR) is 102 cm³/mol. The van der Waals surface area contributed by atoms with Crippen LogP contribution in [-0.4, -0.2) is 35.8 Å². The molecule has 0 saturated heterocycles. The molecule has 8 heteroatoms. The van der Waals surface area contributed by atoms with Gasteiger partial charge in [-0.2, -0.15) is 0 Å². The van der Waals surface area contributed by atoms with Crippen LogP contribution in [0.1, 0.15) is 44.0 Å². The first kappa shape index (κ1) is 19.0. The quantitative estimate of drug-likeness (QED) is 0.815. The summed E-state index contributed by atoms with van der Waals surface area (Å²) in [7, 11) is -3.64. The van der Waals surface area contributed by atoms with Crippen molar-refractivity contribution in [1.82, 2.24) is 15.5 Å². The molecule has 1 aliphatic rings. The maximum absolute atomic E-state index is 12.6. The van der Waals surface area contributed by atoms with E-state index in [0.717, 1.165) is 31.2 Å². The third-order valence-corrected chi connectivity index (χ3v) is 7.79. The fourth-order valence-corrected chi connectivity index (χ4v) is 5.45. The fraction of sp³-hybridized carbons (Fsp3) is 0.500. The van der Waals surface area contributed by atoms with Crippen LogP contribution >= 0.6 is 11.3 Å². The molecule has 1 saturated carbocycles. The van der Waals surface area contributed by atoms with E-state index < -0.39 is 21.0 Å². The van der Waals surface area contributed by atoms with Crippen molar-refractivity contribution in [3.05, 3.63) is 35.3 Å². The lowest BCUT2D eigenvalue weighted by molar-refractivity contribution is -0.121. The first-order chi connectivity index (χ1) is 12.5. The molecule has 0 aliphatic heterocycles. The number of aromatic nitrogens is 2. The van der Waals surface area contributed by atoms with Gasteiger partial charge in [-0.25, -0.2) is 8.42 Å². The number of carbonyl (C=O) groups excluding carboxylic acids is 1. The van der Waals surface area contributed by atoms with Gasteiger partial charge in [0.25, 0.3) is 0 Å². The van der Waals surface area contributed by atoms with Crippen LogP contribution < -0.4 is 5.32 Å².